The van der Waals surface area contributed by atoms with E-state index in [0.717, 1.165) is 12.8 Å². The summed E-state index contributed by atoms with van der Waals surface area (Å²) < 4.78 is 11.7. The molecule has 0 bridgehead atoms. The van der Waals surface area contributed by atoms with E-state index in [4.69, 9.17) is 9.47 Å². The van der Waals surface area contributed by atoms with Crippen LogP contribution in [0.2, 0.25) is 0 Å². The summed E-state index contributed by atoms with van der Waals surface area (Å²) in [6, 6.07) is 0. The molecule has 0 heterocycles. The van der Waals surface area contributed by atoms with Crippen LogP contribution in [0.15, 0.2) is 12.2 Å². The summed E-state index contributed by atoms with van der Waals surface area (Å²) in [6.07, 6.45) is 12.0. The molecule has 10 atom stereocenters. The lowest BCUT2D eigenvalue weighted by atomic mass is 9.32. The van der Waals surface area contributed by atoms with E-state index in [1.54, 1.807) is 13.8 Å². The third kappa shape index (κ3) is 3.80. The Balaban J connectivity index is 1.49. The first-order valence-corrected chi connectivity index (χ1v) is 15.6. The van der Waals surface area contributed by atoms with Crippen molar-refractivity contribution in [2.75, 3.05) is 6.61 Å². The first kappa shape index (κ1) is 28.2. The maximum atomic E-state index is 11.9. The summed E-state index contributed by atoms with van der Waals surface area (Å²) in [6.45, 7) is 23.1. The molecular formula is C34H54O4. The van der Waals surface area contributed by atoms with Gasteiger partial charge in [0.05, 0.1) is 6.61 Å². The van der Waals surface area contributed by atoms with Gasteiger partial charge in [-0.25, -0.2) is 0 Å². The largest absolute Gasteiger partial charge is 0.465 e. The molecule has 0 amide bonds. The lowest BCUT2D eigenvalue weighted by Gasteiger charge is -2.73. The second-order valence-electron chi connectivity index (χ2n) is 15.8. The lowest BCUT2D eigenvalue weighted by Crippen LogP contribution is -2.67. The molecule has 0 saturated heterocycles. The first-order valence-electron chi connectivity index (χ1n) is 15.6. The van der Waals surface area contributed by atoms with Crippen molar-refractivity contribution in [1.29, 1.82) is 0 Å². The van der Waals surface area contributed by atoms with Gasteiger partial charge in [0, 0.05) is 24.7 Å². The van der Waals surface area contributed by atoms with Crippen LogP contribution in [-0.2, 0) is 19.1 Å². The Kier molecular flexibility index (Phi) is 6.76. The van der Waals surface area contributed by atoms with Crippen molar-refractivity contribution in [3.63, 3.8) is 0 Å². The Morgan fingerprint density at radius 1 is 0.763 bits per heavy atom. The molecule has 4 nitrogen and oxygen atoms in total. The fraction of sp³-hybridized carbons (Fsp3) is 0.882. The molecular weight excluding hydrogens is 472 g/mol. The van der Waals surface area contributed by atoms with Crippen molar-refractivity contribution in [3.8, 4) is 0 Å². The molecule has 0 spiro atoms. The molecule has 0 radical (unpaired) electrons. The topological polar surface area (TPSA) is 52.6 Å². The highest BCUT2D eigenvalue weighted by Gasteiger charge is 2.71. The van der Waals surface area contributed by atoms with Crippen LogP contribution in [0.4, 0.5) is 0 Å². The van der Waals surface area contributed by atoms with Crippen LogP contribution in [0.5, 0.6) is 0 Å². The summed E-state index contributed by atoms with van der Waals surface area (Å²) in [5, 5.41) is 0. The Morgan fingerprint density at radius 2 is 1.47 bits per heavy atom. The number of rotatable bonds is 4. The van der Waals surface area contributed by atoms with Gasteiger partial charge in [0.15, 0.2) is 0 Å². The first-order chi connectivity index (χ1) is 17.6. The van der Waals surface area contributed by atoms with Crippen LogP contribution in [0, 0.1) is 56.7 Å². The molecule has 5 aliphatic rings. The summed E-state index contributed by atoms with van der Waals surface area (Å²) in [7, 11) is 0. The quantitative estimate of drug-likeness (QED) is 0.274. The van der Waals surface area contributed by atoms with E-state index < -0.39 is 0 Å². The van der Waals surface area contributed by atoms with Crippen LogP contribution < -0.4 is 0 Å². The van der Waals surface area contributed by atoms with E-state index in [-0.39, 0.29) is 39.7 Å². The minimum Gasteiger partial charge on any atom is -0.465 e. The summed E-state index contributed by atoms with van der Waals surface area (Å²) in [5.74, 6) is 2.76. The average Bonchev–Trinajstić information content (AvgIpc) is 3.20. The molecule has 38 heavy (non-hydrogen) atoms. The number of carbonyl (C=O) groups excluding carboxylic acids is 2. The van der Waals surface area contributed by atoms with Gasteiger partial charge in [-0.05, 0) is 117 Å². The van der Waals surface area contributed by atoms with Gasteiger partial charge >= 0.3 is 11.9 Å². The highest BCUT2D eigenvalue weighted by atomic mass is 16.5. The van der Waals surface area contributed by atoms with Crippen LogP contribution in [-0.4, -0.2) is 24.6 Å². The van der Waals surface area contributed by atoms with Crippen molar-refractivity contribution in [2.45, 2.75) is 126 Å². The maximum absolute atomic E-state index is 11.9. The molecule has 4 heteroatoms. The number of hydrogen-bond acceptors (Lipinski definition) is 4. The third-order valence-electron chi connectivity index (χ3n) is 14.0. The monoisotopic (exact) mass is 526 g/mol. The molecule has 5 rings (SSSR count). The number of carbonyl (C=O) groups is 2. The molecule has 0 aromatic carbocycles. The second-order valence-corrected chi connectivity index (χ2v) is 15.8. The Hall–Kier alpha value is -1.32. The van der Waals surface area contributed by atoms with Crippen molar-refractivity contribution < 1.29 is 19.1 Å². The molecule has 5 aliphatic carbocycles. The van der Waals surface area contributed by atoms with Gasteiger partial charge < -0.3 is 9.47 Å². The van der Waals surface area contributed by atoms with Crippen molar-refractivity contribution in [1.82, 2.24) is 0 Å². The fourth-order valence-electron chi connectivity index (χ4n) is 12.2. The van der Waals surface area contributed by atoms with Gasteiger partial charge in [0.1, 0.15) is 6.10 Å². The number of esters is 2. The van der Waals surface area contributed by atoms with Gasteiger partial charge in [0.2, 0.25) is 0 Å². The smallest absolute Gasteiger partial charge is 0.302 e. The minimum absolute atomic E-state index is 0.00000109. The number of hydrogen-bond donors (Lipinski definition) is 0. The SMILES string of the molecule is C=C(C)[C@@H]1CC[C@]2(COC(C)=O)CC[C@]3(C)[C@H](CC[C@H]4[C@@]5(C)CC[C@@H](OC(C)=O)C(C)(C)[C@H]5CC[C@]43C)[C@H]12. The standard InChI is InChI=1S/C34H54O4/c1-21(2)24-12-17-34(20-37-22(3)35)19-18-32(8)25(29(24)34)10-11-27-31(7)15-14-28(38-23(4)36)30(5,6)26(31)13-16-33(27,32)9/h24-29H,1,10-20H2,2-9H3/t24-,25+,26+,27-,28+,29-,31-,32+,33+,34+/m0/s1. The van der Waals surface area contributed by atoms with Gasteiger partial charge in [0.25, 0.3) is 0 Å². The van der Waals surface area contributed by atoms with Gasteiger partial charge in [-0.2, -0.15) is 0 Å². The van der Waals surface area contributed by atoms with Crippen molar-refractivity contribution in [3.05, 3.63) is 12.2 Å². The Bertz CT molecular complexity index is 998. The molecule has 0 N–H and O–H groups in total. The number of allylic oxidation sites excluding steroid dienone is 1. The van der Waals surface area contributed by atoms with E-state index in [1.165, 1.54) is 56.9 Å². The highest BCUT2D eigenvalue weighted by molar-refractivity contribution is 5.66. The molecule has 0 aromatic heterocycles. The van der Waals surface area contributed by atoms with E-state index in [2.05, 4.69) is 48.1 Å². The summed E-state index contributed by atoms with van der Waals surface area (Å²) in [5.41, 5.74) is 2.30. The minimum atomic E-state index is -0.140. The van der Waals surface area contributed by atoms with Crippen LogP contribution >= 0.6 is 0 Å². The van der Waals surface area contributed by atoms with Gasteiger partial charge in [-0.15, -0.1) is 0 Å². The number of ether oxygens (including phenoxy) is 2. The zero-order chi connectivity index (χ0) is 27.9. The summed E-state index contributed by atoms with van der Waals surface area (Å²) in [4.78, 5) is 23.8. The molecule has 0 aliphatic heterocycles. The molecule has 5 fully saturated rings. The van der Waals surface area contributed by atoms with Crippen molar-refractivity contribution >= 4 is 11.9 Å². The van der Waals surface area contributed by atoms with E-state index in [1.807, 2.05) is 0 Å². The predicted octanol–water partition coefficient (Wildman–Crippen LogP) is 8.14. The zero-order valence-electron chi connectivity index (χ0n) is 25.6. The van der Waals surface area contributed by atoms with Gasteiger partial charge in [-0.3, -0.25) is 9.59 Å². The Labute approximate surface area is 232 Å². The second kappa shape index (κ2) is 9.10. The van der Waals surface area contributed by atoms with Crippen LogP contribution in [0.3, 0.4) is 0 Å². The van der Waals surface area contributed by atoms with E-state index >= 15 is 0 Å². The van der Waals surface area contributed by atoms with E-state index in [0.29, 0.717) is 41.6 Å². The molecule has 0 aromatic rings. The van der Waals surface area contributed by atoms with Gasteiger partial charge in [-0.1, -0.05) is 46.8 Å². The Morgan fingerprint density at radius 3 is 2.11 bits per heavy atom. The fourth-order valence-corrected chi connectivity index (χ4v) is 12.2. The van der Waals surface area contributed by atoms with Crippen molar-refractivity contribution in [2.24, 2.45) is 56.7 Å². The third-order valence-corrected chi connectivity index (χ3v) is 14.0. The van der Waals surface area contributed by atoms with Crippen LogP contribution in [0.1, 0.15) is 120 Å². The lowest BCUT2D eigenvalue weighted by molar-refractivity contribution is -0.252. The normalized spacial score (nSPS) is 49.1. The highest BCUT2D eigenvalue weighted by Crippen LogP contribution is 2.77. The van der Waals surface area contributed by atoms with Crippen LogP contribution in [0.25, 0.3) is 0 Å². The summed E-state index contributed by atoms with van der Waals surface area (Å²) >= 11 is 0. The average molecular weight is 527 g/mol. The predicted molar refractivity (Wildman–Crippen MR) is 151 cm³/mol. The maximum Gasteiger partial charge on any atom is 0.302 e. The zero-order valence-corrected chi connectivity index (χ0v) is 25.6. The molecule has 5 saturated carbocycles. The van der Waals surface area contributed by atoms with E-state index in [9.17, 15) is 9.59 Å². The number of fused-ring (bicyclic) bond motifs is 7. The molecule has 0 unspecified atom stereocenters. The molecule has 214 valence electrons.